The number of hydrogen-bond acceptors (Lipinski definition) is 4. The number of thiophene rings is 1. The van der Waals surface area contributed by atoms with Gasteiger partial charge in [0.1, 0.15) is 0 Å². The SMILES string of the molecule is CN(CC(=O)N[C@H]1CCCNC1)C(=O)c1ccc(Br)s1. The normalized spacial score (nSPS) is 18.6. The molecule has 1 aliphatic heterocycles. The van der Waals surface area contributed by atoms with E-state index in [4.69, 9.17) is 0 Å². The standard InChI is InChI=1S/C13H18BrN3O2S/c1-17(13(19)10-4-5-11(14)20-10)8-12(18)16-9-3-2-6-15-7-9/h4-5,9,15H,2-3,6-8H2,1H3,(H,16,18)/t9-/m0/s1. The van der Waals surface area contributed by atoms with E-state index in [2.05, 4.69) is 26.6 Å². The van der Waals surface area contributed by atoms with Gasteiger partial charge in [0.2, 0.25) is 5.91 Å². The van der Waals surface area contributed by atoms with Gasteiger partial charge in [-0.05, 0) is 47.4 Å². The smallest absolute Gasteiger partial charge is 0.264 e. The second kappa shape index (κ2) is 7.19. The fourth-order valence-corrected chi connectivity index (χ4v) is 3.53. The summed E-state index contributed by atoms with van der Waals surface area (Å²) in [6.45, 7) is 1.91. The van der Waals surface area contributed by atoms with Gasteiger partial charge in [-0.2, -0.15) is 0 Å². The molecule has 1 atom stereocenters. The maximum atomic E-state index is 12.1. The fraction of sp³-hybridized carbons (Fsp3) is 0.538. The molecule has 110 valence electrons. The van der Waals surface area contributed by atoms with Gasteiger partial charge in [-0.15, -0.1) is 11.3 Å². The number of carbonyl (C=O) groups excluding carboxylic acids is 2. The lowest BCUT2D eigenvalue weighted by molar-refractivity contribution is -0.122. The molecule has 20 heavy (non-hydrogen) atoms. The summed E-state index contributed by atoms with van der Waals surface area (Å²) in [5, 5.41) is 6.21. The van der Waals surface area contributed by atoms with Crippen LogP contribution in [0.3, 0.4) is 0 Å². The molecule has 0 unspecified atom stereocenters. The molecule has 1 fully saturated rings. The van der Waals surface area contributed by atoms with Crippen molar-refractivity contribution in [2.24, 2.45) is 0 Å². The maximum absolute atomic E-state index is 12.1. The van der Waals surface area contributed by atoms with E-state index in [1.54, 1.807) is 13.1 Å². The van der Waals surface area contributed by atoms with Crippen molar-refractivity contribution in [2.45, 2.75) is 18.9 Å². The third-order valence-corrected chi connectivity index (χ3v) is 4.79. The van der Waals surface area contributed by atoms with Crippen LogP contribution < -0.4 is 10.6 Å². The highest BCUT2D eigenvalue weighted by atomic mass is 79.9. The molecular weight excluding hydrogens is 342 g/mol. The Morgan fingerprint density at radius 1 is 1.55 bits per heavy atom. The summed E-state index contributed by atoms with van der Waals surface area (Å²) in [6.07, 6.45) is 2.07. The van der Waals surface area contributed by atoms with Gasteiger partial charge in [0.25, 0.3) is 5.91 Å². The van der Waals surface area contributed by atoms with Crippen molar-refractivity contribution in [3.05, 3.63) is 20.8 Å². The van der Waals surface area contributed by atoms with E-state index in [-0.39, 0.29) is 24.4 Å². The molecule has 1 aromatic rings. The fourth-order valence-electron chi connectivity index (χ4n) is 2.15. The summed E-state index contributed by atoms with van der Waals surface area (Å²) in [6, 6.07) is 3.77. The Balaban J connectivity index is 1.82. The average molecular weight is 360 g/mol. The molecule has 0 radical (unpaired) electrons. The number of rotatable bonds is 4. The zero-order valence-electron chi connectivity index (χ0n) is 11.3. The zero-order chi connectivity index (χ0) is 14.5. The second-order valence-electron chi connectivity index (χ2n) is 4.88. The van der Waals surface area contributed by atoms with Gasteiger partial charge in [-0.25, -0.2) is 0 Å². The molecule has 5 nitrogen and oxygen atoms in total. The lowest BCUT2D eigenvalue weighted by Gasteiger charge is -2.25. The summed E-state index contributed by atoms with van der Waals surface area (Å²) in [4.78, 5) is 26.1. The molecule has 2 amide bonds. The third-order valence-electron chi connectivity index (χ3n) is 3.17. The lowest BCUT2D eigenvalue weighted by Crippen LogP contribution is -2.48. The van der Waals surface area contributed by atoms with Crippen molar-refractivity contribution in [1.82, 2.24) is 15.5 Å². The number of nitrogens with zero attached hydrogens (tertiary/aromatic N) is 1. The molecule has 0 aliphatic carbocycles. The van der Waals surface area contributed by atoms with Gasteiger partial charge in [0.05, 0.1) is 15.2 Å². The highest BCUT2D eigenvalue weighted by Gasteiger charge is 2.19. The van der Waals surface area contributed by atoms with E-state index < -0.39 is 0 Å². The van der Waals surface area contributed by atoms with Crippen LogP contribution in [-0.2, 0) is 4.79 Å². The Labute approximate surface area is 130 Å². The highest BCUT2D eigenvalue weighted by molar-refractivity contribution is 9.11. The van der Waals surface area contributed by atoms with Crippen molar-refractivity contribution in [3.63, 3.8) is 0 Å². The van der Waals surface area contributed by atoms with Gasteiger partial charge < -0.3 is 15.5 Å². The topological polar surface area (TPSA) is 61.4 Å². The first kappa shape index (κ1) is 15.5. The molecule has 7 heteroatoms. The first-order valence-corrected chi connectivity index (χ1v) is 8.18. The van der Waals surface area contributed by atoms with Gasteiger partial charge in [-0.1, -0.05) is 0 Å². The number of carbonyl (C=O) groups is 2. The molecule has 0 aromatic carbocycles. The van der Waals surface area contributed by atoms with Crippen LogP contribution in [0, 0.1) is 0 Å². The van der Waals surface area contributed by atoms with Crippen molar-refractivity contribution in [3.8, 4) is 0 Å². The first-order chi connectivity index (χ1) is 9.56. The van der Waals surface area contributed by atoms with E-state index in [0.717, 1.165) is 29.7 Å². The van der Waals surface area contributed by atoms with E-state index >= 15 is 0 Å². The van der Waals surface area contributed by atoms with Crippen LogP contribution in [0.1, 0.15) is 22.5 Å². The predicted octanol–water partition coefficient (Wildman–Crippen LogP) is 1.45. The second-order valence-corrected chi connectivity index (χ2v) is 7.34. The molecule has 2 rings (SSSR count). The summed E-state index contributed by atoms with van der Waals surface area (Å²) in [5.41, 5.74) is 0. The summed E-state index contributed by atoms with van der Waals surface area (Å²) >= 11 is 4.70. The molecule has 2 N–H and O–H groups in total. The Kier molecular flexibility index (Phi) is 5.56. The van der Waals surface area contributed by atoms with Crippen molar-refractivity contribution >= 4 is 39.1 Å². The van der Waals surface area contributed by atoms with E-state index in [0.29, 0.717) is 4.88 Å². The Bertz CT molecular complexity index is 486. The highest BCUT2D eigenvalue weighted by Crippen LogP contribution is 2.22. The minimum atomic E-state index is -0.127. The molecule has 0 bridgehead atoms. The number of amides is 2. The van der Waals surface area contributed by atoms with Crippen LogP contribution in [0.5, 0.6) is 0 Å². The summed E-state index contributed by atoms with van der Waals surface area (Å²) < 4.78 is 0.909. The van der Waals surface area contributed by atoms with Crippen LogP contribution in [0.4, 0.5) is 0 Å². The first-order valence-electron chi connectivity index (χ1n) is 6.57. The number of likely N-dealkylation sites (N-methyl/N-ethyl adjacent to an activating group) is 1. The van der Waals surface area contributed by atoms with Crippen molar-refractivity contribution in [2.75, 3.05) is 26.7 Å². The maximum Gasteiger partial charge on any atom is 0.264 e. The minimum absolute atomic E-state index is 0.0881. The van der Waals surface area contributed by atoms with Crippen LogP contribution >= 0.6 is 27.3 Å². The third kappa shape index (κ3) is 4.29. The van der Waals surface area contributed by atoms with E-state index in [9.17, 15) is 9.59 Å². The van der Waals surface area contributed by atoms with Gasteiger partial charge in [0, 0.05) is 19.6 Å². The Hall–Kier alpha value is -0.920. The predicted molar refractivity (Wildman–Crippen MR) is 83.0 cm³/mol. The largest absolute Gasteiger partial charge is 0.351 e. The van der Waals surface area contributed by atoms with Crippen LogP contribution in [0.2, 0.25) is 0 Å². The molecule has 1 saturated heterocycles. The van der Waals surface area contributed by atoms with Gasteiger partial charge >= 0.3 is 0 Å². The lowest BCUT2D eigenvalue weighted by atomic mass is 10.1. The minimum Gasteiger partial charge on any atom is -0.351 e. The van der Waals surface area contributed by atoms with E-state index in [1.165, 1.54) is 16.2 Å². The van der Waals surface area contributed by atoms with Crippen molar-refractivity contribution < 1.29 is 9.59 Å². The average Bonchev–Trinajstić information content (AvgIpc) is 2.85. The quantitative estimate of drug-likeness (QED) is 0.855. The molecule has 1 aliphatic rings. The Morgan fingerprint density at radius 2 is 2.35 bits per heavy atom. The van der Waals surface area contributed by atoms with Crippen LogP contribution in [0.25, 0.3) is 0 Å². The van der Waals surface area contributed by atoms with Crippen molar-refractivity contribution in [1.29, 1.82) is 0 Å². The summed E-state index contributed by atoms with van der Waals surface area (Å²) in [7, 11) is 1.65. The number of halogens is 1. The van der Waals surface area contributed by atoms with E-state index in [1.807, 2.05) is 6.07 Å². The summed E-state index contributed by atoms with van der Waals surface area (Å²) in [5.74, 6) is -0.234. The van der Waals surface area contributed by atoms with Crippen LogP contribution in [-0.4, -0.2) is 49.4 Å². The molecule has 0 spiro atoms. The molecule has 2 heterocycles. The number of piperidine rings is 1. The van der Waals surface area contributed by atoms with Gasteiger partial charge in [0.15, 0.2) is 0 Å². The van der Waals surface area contributed by atoms with Crippen LogP contribution in [0.15, 0.2) is 15.9 Å². The number of nitrogens with one attached hydrogen (secondary N) is 2. The number of hydrogen-bond donors (Lipinski definition) is 2. The Morgan fingerprint density at radius 3 is 2.95 bits per heavy atom. The molecule has 0 saturated carbocycles. The molecule has 1 aromatic heterocycles. The van der Waals surface area contributed by atoms with Gasteiger partial charge in [-0.3, -0.25) is 9.59 Å². The zero-order valence-corrected chi connectivity index (χ0v) is 13.7. The monoisotopic (exact) mass is 359 g/mol. The molecular formula is C13H18BrN3O2S.